The molecule has 0 amide bonds. The molecule has 204 valence electrons. The highest BCUT2D eigenvalue weighted by Crippen LogP contribution is 2.36. The van der Waals surface area contributed by atoms with E-state index in [1.807, 2.05) is 35.5 Å². The lowest BCUT2D eigenvalue weighted by Gasteiger charge is -2.23. The summed E-state index contributed by atoms with van der Waals surface area (Å²) in [6, 6.07) is 24.7. The highest BCUT2D eigenvalue weighted by molar-refractivity contribution is 5.99. The first-order valence-electron chi connectivity index (χ1n) is 13.7. The number of halogens is 1. The van der Waals surface area contributed by atoms with Crippen LogP contribution in [0.5, 0.6) is 0 Å². The molecule has 0 radical (unpaired) electrons. The molecule has 4 N–H and O–H groups in total. The van der Waals surface area contributed by atoms with Gasteiger partial charge in [-0.05, 0) is 54.7 Å². The lowest BCUT2D eigenvalue weighted by atomic mass is 10.00. The van der Waals surface area contributed by atoms with Gasteiger partial charge in [-0.25, -0.2) is 4.39 Å². The van der Waals surface area contributed by atoms with Crippen LogP contribution >= 0.6 is 0 Å². The molecule has 0 saturated heterocycles. The van der Waals surface area contributed by atoms with Crippen molar-refractivity contribution < 1.29 is 4.39 Å². The molecule has 1 aliphatic carbocycles. The standard InChI is InChI=1S/C32H29FN8/c1-2-28(20-6-4-3-5-7-20)38-31-23(17-35)18-36-30-22(16-34)14-25(15-27(30)31)37-32(21-8-10-24(33)11-9-21)29-19-41(40-39-29)26-12-13-26/h3-11,14-15,18-19,26,28,32,37,39-40H,2,12-13H2,1H3,(H,36,38)/t28-,32?/m1/s1. The normalized spacial score (nSPS) is 15.8. The van der Waals surface area contributed by atoms with Crippen LogP contribution in [0.15, 0.2) is 84.8 Å². The number of anilines is 2. The van der Waals surface area contributed by atoms with E-state index in [1.165, 1.54) is 18.3 Å². The molecule has 8 nitrogen and oxygen atoms in total. The largest absolute Gasteiger partial charge is 0.377 e. The Hall–Kier alpha value is -5.12. The van der Waals surface area contributed by atoms with E-state index in [1.54, 1.807) is 18.2 Å². The Morgan fingerprint density at radius 1 is 1.00 bits per heavy atom. The Morgan fingerprint density at radius 2 is 1.76 bits per heavy atom. The minimum absolute atomic E-state index is 0.0460. The average Bonchev–Trinajstić information content (AvgIpc) is 3.75. The van der Waals surface area contributed by atoms with Crippen LogP contribution in [-0.2, 0) is 0 Å². The number of nitrogens with one attached hydrogen (secondary N) is 4. The quantitative estimate of drug-likeness (QED) is 0.198. The van der Waals surface area contributed by atoms with Crippen molar-refractivity contribution in [2.45, 2.75) is 44.3 Å². The van der Waals surface area contributed by atoms with E-state index < -0.39 is 0 Å². The highest BCUT2D eigenvalue weighted by Gasteiger charge is 2.32. The zero-order valence-electron chi connectivity index (χ0n) is 22.5. The van der Waals surface area contributed by atoms with Gasteiger partial charge in [0.15, 0.2) is 0 Å². The van der Waals surface area contributed by atoms with Gasteiger partial charge in [0.05, 0.1) is 40.1 Å². The maximum atomic E-state index is 13.8. The zero-order valence-corrected chi connectivity index (χ0v) is 22.5. The first-order chi connectivity index (χ1) is 20.1. The third-order valence-corrected chi connectivity index (χ3v) is 7.51. The molecule has 1 fully saturated rings. The maximum Gasteiger partial charge on any atom is 0.123 e. The molecule has 1 aliphatic heterocycles. The molecule has 3 aromatic carbocycles. The van der Waals surface area contributed by atoms with Gasteiger partial charge in [0.2, 0.25) is 0 Å². The van der Waals surface area contributed by atoms with Crippen LogP contribution in [0.2, 0.25) is 0 Å². The number of pyridine rings is 1. The molecule has 2 heterocycles. The number of nitriles is 2. The predicted molar refractivity (Wildman–Crippen MR) is 156 cm³/mol. The lowest BCUT2D eigenvalue weighted by molar-refractivity contribution is 0.260. The Labute approximate surface area is 238 Å². The fourth-order valence-corrected chi connectivity index (χ4v) is 5.19. The number of benzene rings is 3. The second kappa shape index (κ2) is 11.2. The average molecular weight is 545 g/mol. The van der Waals surface area contributed by atoms with Crippen molar-refractivity contribution in [1.29, 1.82) is 10.5 Å². The van der Waals surface area contributed by atoms with Crippen LogP contribution in [0.4, 0.5) is 15.8 Å². The Bertz CT molecular complexity index is 1680. The molecule has 1 saturated carbocycles. The molecule has 0 bridgehead atoms. The van der Waals surface area contributed by atoms with Gasteiger partial charge in [-0.3, -0.25) is 9.99 Å². The van der Waals surface area contributed by atoms with Gasteiger partial charge in [0.25, 0.3) is 0 Å². The molecule has 0 spiro atoms. The van der Waals surface area contributed by atoms with Crippen LogP contribution in [0.1, 0.15) is 60.5 Å². The monoisotopic (exact) mass is 544 g/mol. The van der Waals surface area contributed by atoms with Crippen molar-refractivity contribution in [3.05, 3.63) is 113 Å². The SMILES string of the molecule is CC[C@@H](Nc1c(C#N)cnc2c(C#N)cc(NC(C3=CN(C4CC4)NN3)c3ccc(F)cc3)cc12)c1ccccc1. The molecule has 41 heavy (non-hydrogen) atoms. The van der Waals surface area contributed by atoms with Crippen LogP contribution < -0.4 is 21.6 Å². The zero-order chi connectivity index (χ0) is 28.3. The smallest absolute Gasteiger partial charge is 0.123 e. The van der Waals surface area contributed by atoms with Crippen molar-refractivity contribution in [2.75, 3.05) is 10.6 Å². The third-order valence-electron chi connectivity index (χ3n) is 7.51. The van der Waals surface area contributed by atoms with Crippen molar-refractivity contribution >= 4 is 22.3 Å². The second-order valence-electron chi connectivity index (χ2n) is 10.3. The number of hydrazine groups is 2. The Balaban J connectivity index is 1.43. The van der Waals surface area contributed by atoms with Crippen LogP contribution in [-0.4, -0.2) is 16.0 Å². The Morgan fingerprint density at radius 3 is 2.44 bits per heavy atom. The van der Waals surface area contributed by atoms with Crippen molar-refractivity contribution in [2.24, 2.45) is 0 Å². The highest BCUT2D eigenvalue weighted by atomic mass is 19.1. The second-order valence-corrected chi connectivity index (χ2v) is 10.3. The van der Waals surface area contributed by atoms with E-state index >= 15 is 0 Å². The maximum absolute atomic E-state index is 13.8. The number of nitrogens with zero attached hydrogens (tertiary/aromatic N) is 4. The Kier molecular flexibility index (Phi) is 7.11. The van der Waals surface area contributed by atoms with E-state index in [2.05, 4.69) is 57.8 Å². The number of hydrogen-bond donors (Lipinski definition) is 4. The van der Waals surface area contributed by atoms with E-state index in [0.717, 1.165) is 36.1 Å². The lowest BCUT2D eigenvalue weighted by Crippen LogP contribution is -2.38. The first kappa shape index (κ1) is 26.1. The van der Waals surface area contributed by atoms with Gasteiger partial charge in [0, 0.05) is 29.5 Å². The van der Waals surface area contributed by atoms with Gasteiger partial charge < -0.3 is 16.1 Å². The fraction of sp³-hybridized carbons (Fsp3) is 0.219. The summed E-state index contributed by atoms with van der Waals surface area (Å²) < 4.78 is 13.8. The van der Waals surface area contributed by atoms with Crippen molar-refractivity contribution in [1.82, 2.24) is 21.0 Å². The molecular weight excluding hydrogens is 515 g/mol. The third kappa shape index (κ3) is 5.36. The van der Waals surface area contributed by atoms with Crippen LogP contribution in [0.3, 0.4) is 0 Å². The van der Waals surface area contributed by atoms with Crippen LogP contribution in [0, 0.1) is 28.5 Å². The first-order valence-corrected chi connectivity index (χ1v) is 13.7. The molecule has 2 atom stereocenters. The van der Waals surface area contributed by atoms with Gasteiger partial charge >= 0.3 is 0 Å². The summed E-state index contributed by atoms with van der Waals surface area (Å²) in [4.78, 5) is 4.50. The van der Waals surface area contributed by atoms with Gasteiger partial charge in [-0.15, -0.1) is 5.53 Å². The summed E-state index contributed by atoms with van der Waals surface area (Å²) >= 11 is 0. The molecular formula is C32H29FN8. The van der Waals surface area contributed by atoms with E-state index in [0.29, 0.717) is 39.4 Å². The van der Waals surface area contributed by atoms with Crippen molar-refractivity contribution in [3.63, 3.8) is 0 Å². The number of hydrogen-bond acceptors (Lipinski definition) is 8. The van der Waals surface area contributed by atoms with E-state index in [9.17, 15) is 14.9 Å². The molecule has 4 aromatic rings. The van der Waals surface area contributed by atoms with Crippen molar-refractivity contribution in [3.8, 4) is 12.1 Å². The molecule has 1 aromatic heterocycles. The minimum Gasteiger partial charge on any atom is -0.377 e. The molecule has 9 heteroatoms. The minimum atomic E-state index is -0.368. The van der Waals surface area contributed by atoms with E-state index in [-0.39, 0.29) is 17.9 Å². The summed E-state index contributed by atoms with van der Waals surface area (Å²) in [7, 11) is 0. The van der Waals surface area contributed by atoms with Crippen LogP contribution in [0.25, 0.3) is 10.9 Å². The summed E-state index contributed by atoms with van der Waals surface area (Å²) in [6.45, 7) is 2.09. The molecule has 1 unspecified atom stereocenters. The predicted octanol–water partition coefficient (Wildman–Crippen LogP) is 6.16. The van der Waals surface area contributed by atoms with Gasteiger partial charge in [-0.2, -0.15) is 10.5 Å². The number of aromatic nitrogens is 1. The number of rotatable bonds is 9. The fourth-order valence-electron chi connectivity index (χ4n) is 5.19. The summed E-state index contributed by atoms with van der Waals surface area (Å²) in [5, 5.41) is 29.9. The number of fused-ring (bicyclic) bond motifs is 1. The topological polar surface area (TPSA) is 112 Å². The molecule has 6 rings (SSSR count). The van der Waals surface area contributed by atoms with Gasteiger partial charge in [-0.1, -0.05) is 49.4 Å². The van der Waals surface area contributed by atoms with E-state index in [4.69, 9.17) is 0 Å². The summed E-state index contributed by atoms with van der Waals surface area (Å²) in [5.41, 5.74) is 11.9. The molecule has 2 aliphatic rings. The summed E-state index contributed by atoms with van der Waals surface area (Å²) in [5.74, 6) is -0.314. The van der Waals surface area contributed by atoms with Gasteiger partial charge in [0.1, 0.15) is 18.0 Å². The summed E-state index contributed by atoms with van der Waals surface area (Å²) in [6.07, 6.45) is 6.57.